The quantitative estimate of drug-likeness (QED) is 0.476. The van der Waals surface area contributed by atoms with Crippen molar-refractivity contribution in [1.29, 1.82) is 5.26 Å². The summed E-state index contributed by atoms with van der Waals surface area (Å²) in [5, 5.41) is 14.0. The molecule has 0 unspecified atom stereocenters. The van der Waals surface area contributed by atoms with Gasteiger partial charge in [-0.25, -0.2) is 4.52 Å². The lowest BCUT2D eigenvalue weighted by molar-refractivity contribution is 0.313. The zero-order valence-corrected chi connectivity index (χ0v) is 18.7. The fourth-order valence-corrected chi connectivity index (χ4v) is 5.08. The van der Waals surface area contributed by atoms with Crippen molar-refractivity contribution in [1.82, 2.24) is 14.5 Å². The Balaban J connectivity index is 1.52. The van der Waals surface area contributed by atoms with Crippen molar-refractivity contribution in [3.05, 3.63) is 72.6 Å². The fraction of sp³-hybridized carbons (Fsp3) is 0.200. The first kappa shape index (κ1) is 20.4. The second-order valence-electron chi connectivity index (χ2n) is 8.03. The number of likely N-dealkylation sites (N-methyl/N-ethyl adjacent to an activating group) is 1. The van der Waals surface area contributed by atoms with Gasteiger partial charge in [-0.2, -0.15) is 10.4 Å². The van der Waals surface area contributed by atoms with Gasteiger partial charge in [0.05, 0.1) is 17.3 Å². The minimum Gasteiger partial charge on any atom is -0.398 e. The minimum absolute atomic E-state index is 0.555. The summed E-state index contributed by atoms with van der Waals surface area (Å²) in [6, 6.07) is 20.9. The van der Waals surface area contributed by atoms with Gasteiger partial charge < -0.3 is 15.5 Å². The molecule has 160 valence electrons. The number of nitriles is 1. The van der Waals surface area contributed by atoms with Crippen LogP contribution in [0, 0.1) is 11.3 Å². The van der Waals surface area contributed by atoms with Crippen molar-refractivity contribution in [3.63, 3.8) is 0 Å². The number of para-hydroxylation sites is 1. The molecule has 0 radical (unpaired) electrons. The highest BCUT2D eigenvalue weighted by Gasteiger charge is 2.16. The average molecular weight is 441 g/mol. The topological polar surface area (TPSA) is 73.6 Å². The number of hydrogen-bond donors (Lipinski definition) is 1. The Morgan fingerprint density at radius 2 is 1.72 bits per heavy atom. The predicted molar refractivity (Wildman–Crippen MR) is 130 cm³/mol. The van der Waals surface area contributed by atoms with Gasteiger partial charge in [0.25, 0.3) is 0 Å². The monoisotopic (exact) mass is 440 g/mol. The third-order valence-electron chi connectivity index (χ3n) is 5.91. The van der Waals surface area contributed by atoms with E-state index in [-0.39, 0.29) is 0 Å². The molecule has 0 amide bonds. The first-order valence-corrected chi connectivity index (χ1v) is 11.4. The van der Waals surface area contributed by atoms with Crippen molar-refractivity contribution in [2.45, 2.75) is 9.79 Å². The van der Waals surface area contributed by atoms with E-state index < -0.39 is 0 Å². The molecule has 1 saturated heterocycles. The van der Waals surface area contributed by atoms with Crippen LogP contribution in [0.2, 0.25) is 0 Å². The molecule has 32 heavy (non-hydrogen) atoms. The number of pyridine rings is 1. The van der Waals surface area contributed by atoms with Gasteiger partial charge in [-0.05, 0) is 42.9 Å². The lowest BCUT2D eigenvalue weighted by Crippen LogP contribution is -2.44. The number of nitrogens with two attached hydrogens (primary N) is 1. The van der Waals surface area contributed by atoms with Crippen molar-refractivity contribution in [2.24, 2.45) is 0 Å². The van der Waals surface area contributed by atoms with E-state index in [1.807, 2.05) is 30.5 Å². The largest absolute Gasteiger partial charge is 0.398 e. The van der Waals surface area contributed by atoms with E-state index in [1.54, 1.807) is 22.5 Å². The van der Waals surface area contributed by atoms with Crippen LogP contribution in [0.5, 0.6) is 0 Å². The van der Waals surface area contributed by atoms with Gasteiger partial charge in [-0.15, -0.1) is 0 Å². The van der Waals surface area contributed by atoms with Gasteiger partial charge in [-0.1, -0.05) is 36.0 Å². The third-order valence-corrected chi connectivity index (χ3v) is 7.03. The summed E-state index contributed by atoms with van der Waals surface area (Å²) < 4.78 is 1.80. The molecule has 4 aromatic rings. The van der Waals surface area contributed by atoms with Crippen LogP contribution in [-0.2, 0) is 0 Å². The van der Waals surface area contributed by atoms with E-state index >= 15 is 0 Å². The lowest BCUT2D eigenvalue weighted by atomic mass is 10.1. The number of benzene rings is 2. The predicted octanol–water partition coefficient (Wildman–Crippen LogP) is 4.36. The molecule has 0 spiro atoms. The highest BCUT2D eigenvalue weighted by molar-refractivity contribution is 7.99. The molecule has 1 aliphatic heterocycles. The van der Waals surface area contributed by atoms with E-state index in [0.29, 0.717) is 5.56 Å². The van der Waals surface area contributed by atoms with Gasteiger partial charge in [0.2, 0.25) is 0 Å². The summed E-state index contributed by atoms with van der Waals surface area (Å²) in [7, 11) is 2.17. The molecule has 1 fully saturated rings. The highest BCUT2D eigenvalue weighted by Crippen LogP contribution is 2.38. The van der Waals surface area contributed by atoms with Gasteiger partial charge in [-0.3, -0.25) is 0 Å². The third kappa shape index (κ3) is 3.91. The fourth-order valence-electron chi connectivity index (χ4n) is 4.02. The molecule has 0 saturated carbocycles. The number of aromatic nitrogens is 2. The summed E-state index contributed by atoms with van der Waals surface area (Å²) in [5.41, 5.74) is 11.7. The number of piperazine rings is 1. The Morgan fingerprint density at radius 1 is 0.969 bits per heavy atom. The molecule has 0 bridgehead atoms. The minimum atomic E-state index is 0.555. The molecular formula is C25H24N6S. The Bertz CT molecular complexity index is 1300. The van der Waals surface area contributed by atoms with E-state index in [0.717, 1.165) is 58.3 Å². The van der Waals surface area contributed by atoms with Crippen LogP contribution < -0.4 is 10.6 Å². The lowest BCUT2D eigenvalue weighted by Gasteiger charge is -2.34. The molecule has 3 heterocycles. The van der Waals surface area contributed by atoms with E-state index in [2.05, 4.69) is 58.3 Å². The van der Waals surface area contributed by atoms with Crippen LogP contribution in [0.1, 0.15) is 5.56 Å². The molecule has 1 aliphatic rings. The van der Waals surface area contributed by atoms with Crippen LogP contribution in [0.3, 0.4) is 0 Å². The Kier molecular flexibility index (Phi) is 5.48. The maximum Gasteiger partial charge on any atom is 0.103 e. The number of rotatable bonds is 4. The molecule has 7 heteroatoms. The van der Waals surface area contributed by atoms with Crippen LogP contribution in [0.4, 0.5) is 11.4 Å². The summed E-state index contributed by atoms with van der Waals surface area (Å²) in [6.07, 6.45) is 3.60. The molecule has 0 aliphatic carbocycles. The van der Waals surface area contributed by atoms with Gasteiger partial charge in [0.1, 0.15) is 6.07 Å². The first-order valence-electron chi connectivity index (χ1n) is 10.6. The van der Waals surface area contributed by atoms with Crippen molar-refractivity contribution < 1.29 is 0 Å². The smallest absolute Gasteiger partial charge is 0.103 e. The Hall–Kier alpha value is -3.47. The Labute approximate surface area is 191 Å². The number of hydrogen-bond acceptors (Lipinski definition) is 6. The summed E-state index contributed by atoms with van der Waals surface area (Å²) in [4.78, 5) is 6.71. The van der Waals surface area contributed by atoms with Gasteiger partial charge >= 0.3 is 0 Å². The van der Waals surface area contributed by atoms with Gasteiger partial charge in [0.15, 0.2) is 0 Å². The van der Waals surface area contributed by atoms with Crippen molar-refractivity contribution >= 4 is 28.7 Å². The van der Waals surface area contributed by atoms with Crippen molar-refractivity contribution in [2.75, 3.05) is 43.9 Å². The number of anilines is 2. The molecule has 6 nitrogen and oxygen atoms in total. The average Bonchev–Trinajstić information content (AvgIpc) is 3.25. The standard InChI is InChI=1S/C25H24N6S/c1-29-10-12-30(13-11-29)21-8-6-18(7-9-21)19-14-24(32-23-5-3-2-4-22(23)27)25-20(15-26)16-28-31(25)17-19/h2-9,14,16-17H,10-13,27H2,1H3. The normalized spacial score (nSPS) is 14.6. The van der Waals surface area contributed by atoms with Crippen LogP contribution in [-0.4, -0.2) is 47.7 Å². The second kappa shape index (κ2) is 8.58. The van der Waals surface area contributed by atoms with E-state index in [9.17, 15) is 5.26 Å². The highest BCUT2D eigenvalue weighted by atomic mass is 32.2. The number of nitrogens with zero attached hydrogens (tertiary/aromatic N) is 5. The summed E-state index contributed by atoms with van der Waals surface area (Å²) in [5.74, 6) is 0. The first-order chi connectivity index (χ1) is 15.6. The summed E-state index contributed by atoms with van der Waals surface area (Å²) in [6.45, 7) is 4.26. The van der Waals surface area contributed by atoms with E-state index in [1.165, 1.54) is 5.69 Å². The molecular weight excluding hydrogens is 416 g/mol. The number of fused-ring (bicyclic) bond motifs is 1. The van der Waals surface area contributed by atoms with Gasteiger partial charge in [0, 0.05) is 59.1 Å². The maximum absolute atomic E-state index is 9.58. The zero-order valence-electron chi connectivity index (χ0n) is 17.9. The molecule has 2 N–H and O–H groups in total. The van der Waals surface area contributed by atoms with Crippen molar-refractivity contribution in [3.8, 4) is 17.2 Å². The van der Waals surface area contributed by atoms with Crippen LogP contribution >= 0.6 is 11.8 Å². The molecule has 0 atom stereocenters. The number of nitrogen functional groups attached to an aromatic ring is 1. The molecule has 2 aromatic heterocycles. The summed E-state index contributed by atoms with van der Waals surface area (Å²) >= 11 is 1.56. The molecule has 5 rings (SSSR count). The zero-order chi connectivity index (χ0) is 22.1. The molecule has 2 aromatic carbocycles. The maximum atomic E-state index is 9.58. The van der Waals surface area contributed by atoms with Crippen LogP contribution in [0.15, 0.2) is 76.8 Å². The SMILES string of the molecule is CN1CCN(c2ccc(-c3cc(Sc4ccccc4N)c4c(C#N)cnn4c3)cc2)CC1. The Morgan fingerprint density at radius 3 is 2.44 bits per heavy atom. The van der Waals surface area contributed by atoms with Crippen LogP contribution in [0.25, 0.3) is 16.6 Å². The van der Waals surface area contributed by atoms with E-state index in [4.69, 9.17) is 5.73 Å². The second-order valence-corrected chi connectivity index (χ2v) is 9.12.